The predicted octanol–water partition coefficient (Wildman–Crippen LogP) is 3.81. The van der Waals surface area contributed by atoms with Crippen molar-refractivity contribution in [1.82, 2.24) is 0 Å². The summed E-state index contributed by atoms with van der Waals surface area (Å²) in [5.41, 5.74) is 2.92. The molecule has 1 aromatic carbocycles. The second-order valence-electron chi connectivity index (χ2n) is 4.71. The van der Waals surface area contributed by atoms with Crippen LogP contribution < -0.4 is 0 Å². The highest BCUT2D eigenvalue weighted by Gasteiger charge is 2.27. The SMILES string of the molecule is CCc1ccc(CC)c(C(O)CCOCC(F)(F)F)c1. The van der Waals surface area contributed by atoms with Gasteiger partial charge in [0.15, 0.2) is 0 Å². The van der Waals surface area contributed by atoms with Crippen molar-refractivity contribution in [3.8, 4) is 0 Å². The van der Waals surface area contributed by atoms with Crippen LogP contribution in [-0.4, -0.2) is 24.5 Å². The van der Waals surface area contributed by atoms with Crippen LogP contribution in [-0.2, 0) is 17.6 Å². The molecule has 2 nitrogen and oxygen atoms in total. The van der Waals surface area contributed by atoms with Gasteiger partial charge in [0.1, 0.15) is 6.61 Å². The third-order valence-corrected chi connectivity index (χ3v) is 3.16. The van der Waals surface area contributed by atoms with Gasteiger partial charge in [-0.2, -0.15) is 13.2 Å². The third kappa shape index (κ3) is 5.51. The first kappa shape index (κ1) is 17.0. The van der Waals surface area contributed by atoms with Gasteiger partial charge in [0, 0.05) is 13.0 Å². The molecule has 20 heavy (non-hydrogen) atoms. The molecule has 0 saturated carbocycles. The maximum atomic E-state index is 11.9. The van der Waals surface area contributed by atoms with Crippen LogP contribution in [0.15, 0.2) is 18.2 Å². The minimum Gasteiger partial charge on any atom is -0.388 e. The van der Waals surface area contributed by atoms with Crippen molar-refractivity contribution in [2.24, 2.45) is 0 Å². The average molecular weight is 290 g/mol. The first-order chi connectivity index (χ1) is 9.37. The minimum absolute atomic E-state index is 0.111. The number of benzene rings is 1. The highest BCUT2D eigenvalue weighted by atomic mass is 19.4. The van der Waals surface area contributed by atoms with Crippen LogP contribution in [0.1, 0.15) is 43.1 Å². The van der Waals surface area contributed by atoms with Crippen molar-refractivity contribution < 1.29 is 23.0 Å². The molecule has 0 aliphatic carbocycles. The number of aliphatic hydroxyl groups excluding tert-OH is 1. The third-order valence-electron chi connectivity index (χ3n) is 3.16. The molecule has 0 aromatic heterocycles. The van der Waals surface area contributed by atoms with E-state index in [1.54, 1.807) is 0 Å². The highest BCUT2D eigenvalue weighted by molar-refractivity contribution is 5.33. The van der Waals surface area contributed by atoms with Gasteiger partial charge in [0.05, 0.1) is 6.10 Å². The molecule has 5 heteroatoms. The zero-order valence-electron chi connectivity index (χ0n) is 11.8. The summed E-state index contributed by atoms with van der Waals surface area (Å²) in [4.78, 5) is 0. The van der Waals surface area contributed by atoms with Gasteiger partial charge in [0.2, 0.25) is 0 Å². The molecular weight excluding hydrogens is 269 g/mol. The molecule has 1 unspecified atom stereocenters. The Morgan fingerprint density at radius 3 is 2.45 bits per heavy atom. The van der Waals surface area contributed by atoms with Crippen LogP contribution in [0.2, 0.25) is 0 Å². The summed E-state index contributed by atoms with van der Waals surface area (Å²) in [7, 11) is 0. The van der Waals surface area contributed by atoms with Gasteiger partial charge in [-0.1, -0.05) is 32.0 Å². The Morgan fingerprint density at radius 1 is 1.20 bits per heavy atom. The van der Waals surface area contributed by atoms with Gasteiger partial charge < -0.3 is 9.84 Å². The Kier molecular flexibility index (Phi) is 6.49. The smallest absolute Gasteiger partial charge is 0.388 e. The van der Waals surface area contributed by atoms with Crippen LogP contribution in [0.25, 0.3) is 0 Å². The van der Waals surface area contributed by atoms with E-state index in [4.69, 9.17) is 0 Å². The zero-order chi connectivity index (χ0) is 15.2. The van der Waals surface area contributed by atoms with Crippen molar-refractivity contribution in [2.45, 2.75) is 45.4 Å². The van der Waals surface area contributed by atoms with Gasteiger partial charge >= 0.3 is 6.18 Å². The number of rotatable bonds is 7. The molecule has 1 rings (SSSR count). The Labute approximate surface area is 117 Å². The molecule has 0 bridgehead atoms. The molecule has 1 aromatic rings. The second-order valence-corrected chi connectivity index (χ2v) is 4.71. The van der Waals surface area contributed by atoms with E-state index in [9.17, 15) is 18.3 Å². The van der Waals surface area contributed by atoms with E-state index in [1.165, 1.54) is 0 Å². The Hall–Kier alpha value is -1.07. The lowest BCUT2D eigenvalue weighted by atomic mass is 9.95. The number of hydrogen-bond acceptors (Lipinski definition) is 2. The Morgan fingerprint density at radius 2 is 1.90 bits per heavy atom. The molecule has 1 atom stereocenters. The van der Waals surface area contributed by atoms with Crippen LogP contribution in [0.5, 0.6) is 0 Å². The van der Waals surface area contributed by atoms with E-state index < -0.39 is 18.9 Å². The first-order valence-electron chi connectivity index (χ1n) is 6.81. The van der Waals surface area contributed by atoms with Crippen LogP contribution >= 0.6 is 0 Å². The summed E-state index contributed by atoms with van der Waals surface area (Å²) in [5.74, 6) is 0. The summed E-state index contributed by atoms with van der Waals surface area (Å²) in [5, 5.41) is 10.1. The molecule has 1 N–H and O–H groups in total. The predicted molar refractivity (Wildman–Crippen MR) is 71.6 cm³/mol. The monoisotopic (exact) mass is 290 g/mol. The summed E-state index contributed by atoms with van der Waals surface area (Å²) in [6.07, 6.45) is -3.31. The minimum atomic E-state index is -4.32. The topological polar surface area (TPSA) is 29.5 Å². The molecule has 0 heterocycles. The molecule has 0 fully saturated rings. The molecular formula is C15H21F3O2. The molecule has 0 saturated heterocycles. The number of aryl methyl sites for hydroxylation is 2. The molecule has 0 radical (unpaired) electrons. The van der Waals surface area contributed by atoms with Gasteiger partial charge in [-0.3, -0.25) is 0 Å². The van der Waals surface area contributed by atoms with Crippen molar-refractivity contribution >= 4 is 0 Å². The van der Waals surface area contributed by atoms with Crippen molar-refractivity contribution in [3.63, 3.8) is 0 Å². The molecule has 0 aliphatic heterocycles. The standard InChI is InChI=1S/C15H21F3O2/c1-3-11-5-6-12(4-2)13(9-11)14(19)7-8-20-10-15(16,17)18/h5-6,9,14,19H,3-4,7-8,10H2,1-2H3. The van der Waals surface area contributed by atoms with E-state index >= 15 is 0 Å². The summed E-state index contributed by atoms with van der Waals surface area (Å²) in [6, 6.07) is 5.90. The fourth-order valence-corrected chi connectivity index (χ4v) is 2.03. The summed E-state index contributed by atoms with van der Waals surface area (Å²) < 4.78 is 40.3. The number of aliphatic hydroxyl groups is 1. The highest BCUT2D eigenvalue weighted by Crippen LogP contribution is 2.24. The second kappa shape index (κ2) is 7.64. The van der Waals surface area contributed by atoms with E-state index in [0.29, 0.717) is 0 Å². The van der Waals surface area contributed by atoms with Crippen LogP contribution in [0.4, 0.5) is 13.2 Å². The van der Waals surface area contributed by atoms with Crippen molar-refractivity contribution in [1.29, 1.82) is 0 Å². The largest absolute Gasteiger partial charge is 0.411 e. The number of hydrogen-bond donors (Lipinski definition) is 1. The first-order valence-corrected chi connectivity index (χ1v) is 6.81. The lowest BCUT2D eigenvalue weighted by Crippen LogP contribution is -2.18. The van der Waals surface area contributed by atoms with Gasteiger partial charge in [-0.05, 0) is 29.5 Å². The van der Waals surface area contributed by atoms with Gasteiger partial charge in [0.25, 0.3) is 0 Å². The maximum absolute atomic E-state index is 11.9. The molecule has 114 valence electrons. The fourth-order valence-electron chi connectivity index (χ4n) is 2.03. The van der Waals surface area contributed by atoms with Crippen LogP contribution in [0, 0.1) is 0 Å². The van der Waals surface area contributed by atoms with E-state index in [-0.39, 0.29) is 13.0 Å². The Balaban J connectivity index is 2.60. The fraction of sp³-hybridized carbons (Fsp3) is 0.600. The molecule has 0 aliphatic rings. The van der Waals surface area contributed by atoms with Gasteiger partial charge in [-0.25, -0.2) is 0 Å². The summed E-state index contributed by atoms with van der Waals surface area (Å²) >= 11 is 0. The lowest BCUT2D eigenvalue weighted by molar-refractivity contribution is -0.175. The van der Waals surface area contributed by atoms with E-state index in [0.717, 1.165) is 29.5 Å². The quantitative estimate of drug-likeness (QED) is 0.774. The number of halogens is 3. The number of alkyl halides is 3. The maximum Gasteiger partial charge on any atom is 0.411 e. The molecule has 0 amide bonds. The van der Waals surface area contributed by atoms with E-state index in [2.05, 4.69) is 4.74 Å². The van der Waals surface area contributed by atoms with Gasteiger partial charge in [-0.15, -0.1) is 0 Å². The van der Waals surface area contributed by atoms with Crippen LogP contribution in [0.3, 0.4) is 0 Å². The number of ether oxygens (including phenoxy) is 1. The van der Waals surface area contributed by atoms with E-state index in [1.807, 2.05) is 32.0 Å². The average Bonchev–Trinajstić information content (AvgIpc) is 2.41. The van der Waals surface area contributed by atoms with Crippen molar-refractivity contribution in [2.75, 3.05) is 13.2 Å². The summed E-state index contributed by atoms with van der Waals surface area (Å²) in [6.45, 7) is 2.62. The van der Waals surface area contributed by atoms with Crippen molar-refractivity contribution in [3.05, 3.63) is 34.9 Å². The molecule has 0 spiro atoms. The lowest BCUT2D eigenvalue weighted by Gasteiger charge is -2.16. The Bertz CT molecular complexity index is 416. The normalized spacial score (nSPS) is 13.5. The zero-order valence-corrected chi connectivity index (χ0v) is 11.8.